The number of carboxylic acids is 1. The maximum atomic E-state index is 12.8. The van der Waals surface area contributed by atoms with Gasteiger partial charge in [0.15, 0.2) is 0 Å². The number of carbonyl (C=O) groups is 1. The van der Waals surface area contributed by atoms with Crippen LogP contribution in [0.25, 0.3) is 10.8 Å². The Balaban J connectivity index is 2.20. The minimum Gasteiger partial charge on any atom is -0.481 e. The van der Waals surface area contributed by atoms with Crippen LogP contribution < -0.4 is 5.56 Å². The number of benzene rings is 2. The van der Waals surface area contributed by atoms with Crippen LogP contribution in [0.4, 0.5) is 0 Å². The summed E-state index contributed by atoms with van der Waals surface area (Å²) in [5.41, 5.74) is 0.485. The predicted molar refractivity (Wildman–Crippen MR) is 103 cm³/mol. The van der Waals surface area contributed by atoms with Gasteiger partial charge in [-0.25, -0.2) is 4.68 Å². The minimum absolute atomic E-state index is 0.0958. The summed E-state index contributed by atoms with van der Waals surface area (Å²) in [5.74, 6) is -1.08. The predicted octanol–water partition coefficient (Wildman–Crippen LogP) is 4.69. The number of rotatable bonds is 4. The van der Waals surface area contributed by atoms with Crippen molar-refractivity contribution in [1.82, 2.24) is 9.78 Å². The number of hydrogen-bond acceptors (Lipinski definition) is 3. The standard InChI is InChI=1S/C17H10Cl4N2O3/c18-11-2-1-8(3-12(11)19)7-23-17(26)10-5-14(21)13(20)4-9(10)15(22-23)6-16(24)25/h1-5H,6-7H2,(H,24,25). The molecule has 0 aliphatic rings. The van der Waals surface area contributed by atoms with Gasteiger partial charge in [0.2, 0.25) is 0 Å². The lowest BCUT2D eigenvalue weighted by molar-refractivity contribution is -0.136. The molecule has 0 aliphatic heterocycles. The Morgan fingerprint density at radius 1 is 0.962 bits per heavy atom. The Morgan fingerprint density at radius 3 is 2.19 bits per heavy atom. The molecule has 9 heteroatoms. The highest BCUT2D eigenvalue weighted by molar-refractivity contribution is 6.43. The third-order valence-electron chi connectivity index (χ3n) is 3.71. The second-order valence-corrected chi connectivity index (χ2v) is 7.17. The monoisotopic (exact) mass is 430 g/mol. The van der Waals surface area contributed by atoms with E-state index in [0.717, 1.165) is 0 Å². The first-order valence-corrected chi connectivity index (χ1v) is 8.82. The lowest BCUT2D eigenvalue weighted by Gasteiger charge is -2.11. The summed E-state index contributed by atoms with van der Waals surface area (Å²) in [6, 6.07) is 7.81. The van der Waals surface area contributed by atoms with Gasteiger partial charge in [-0.3, -0.25) is 9.59 Å². The zero-order chi connectivity index (χ0) is 19.0. The molecule has 0 radical (unpaired) electrons. The van der Waals surface area contributed by atoms with E-state index in [1.54, 1.807) is 18.2 Å². The SMILES string of the molecule is O=C(O)Cc1nn(Cc2ccc(Cl)c(Cl)c2)c(=O)c2cc(Cl)c(Cl)cc12. The molecular weight excluding hydrogens is 422 g/mol. The van der Waals surface area contributed by atoms with Crippen LogP contribution in [0.3, 0.4) is 0 Å². The molecule has 1 N–H and O–H groups in total. The van der Waals surface area contributed by atoms with Crippen LogP contribution in [0.15, 0.2) is 35.1 Å². The molecule has 1 heterocycles. The highest BCUT2D eigenvalue weighted by Crippen LogP contribution is 2.28. The van der Waals surface area contributed by atoms with Gasteiger partial charge in [-0.1, -0.05) is 52.5 Å². The van der Waals surface area contributed by atoms with Gasteiger partial charge < -0.3 is 5.11 Å². The smallest absolute Gasteiger partial charge is 0.309 e. The van der Waals surface area contributed by atoms with Crippen molar-refractivity contribution in [3.05, 3.63) is 72.0 Å². The summed E-state index contributed by atoms with van der Waals surface area (Å²) < 4.78 is 1.17. The summed E-state index contributed by atoms with van der Waals surface area (Å²) in [6.45, 7) is 0.0958. The minimum atomic E-state index is -1.08. The van der Waals surface area contributed by atoms with E-state index in [9.17, 15) is 9.59 Å². The molecular formula is C17H10Cl4N2O3. The van der Waals surface area contributed by atoms with Crippen LogP contribution in [-0.4, -0.2) is 20.9 Å². The first-order chi connectivity index (χ1) is 12.3. The molecule has 0 saturated heterocycles. The van der Waals surface area contributed by atoms with Crippen molar-refractivity contribution in [2.75, 3.05) is 0 Å². The van der Waals surface area contributed by atoms with Crippen molar-refractivity contribution < 1.29 is 9.90 Å². The van der Waals surface area contributed by atoms with Gasteiger partial charge in [-0.05, 0) is 29.8 Å². The molecule has 0 spiro atoms. The number of aliphatic carboxylic acids is 1. The number of nitrogens with zero attached hydrogens (tertiary/aromatic N) is 2. The lowest BCUT2D eigenvalue weighted by Crippen LogP contribution is -2.26. The average molecular weight is 432 g/mol. The van der Waals surface area contributed by atoms with Crippen LogP contribution in [0.5, 0.6) is 0 Å². The third kappa shape index (κ3) is 3.81. The number of aromatic nitrogens is 2. The highest BCUT2D eigenvalue weighted by atomic mass is 35.5. The first kappa shape index (κ1) is 19.0. The van der Waals surface area contributed by atoms with E-state index < -0.39 is 11.5 Å². The van der Waals surface area contributed by atoms with Crippen molar-refractivity contribution in [2.24, 2.45) is 0 Å². The second-order valence-electron chi connectivity index (χ2n) is 5.54. The van der Waals surface area contributed by atoms with Gasteiger partial charge in [0.05, 0.1) is 44.1 Å². The van der Waals surface area contributed by atoms with Crippen molar-refractivity contribution in [3.63, 3.8) is 0 Å². The average Bonchev–Trinajstić information content (AvgIpc) is 2.56. The highest BCUT2D eigenvalue weighted by Gasteiger charge is 2.16. The Labute approximate surface area is 167 Å². The fourth-order valence-corrected chi connectivity index (χ4v) is 3.19. The fourth-order valence-electron chi connectivity index (χ4n) is 2.54. The summed E-state index contributed by atoms with van der Waals surface area (Å²) in [5, 5.41) is 15.1. The van der Waals surface area contributed by atoms with Gasteiger partial charge in [-0.2, -0.15) is 5.10 Å². The lowest BCUT2D eigenvalue weighted by atomic mass is 10.1. The van der Waals surface area contributed by atoms with E-state index in [1.807, 2.05) is 0 Å². The van der Waals surface area contributed by atoms with Crippen molar-refractivity contribution in [3.8, 4) is 0 Å². The molecule has 1 aromatic heterocycles. The van der Waals surface area contributed by atoms with Gasteiger partial charge >= 0.3 is 5.97 Å². The molecule has 0 aliphatic carbocycles. The topological polar surface area (TPSA) is 72.2 Å². The van der Waals surface area contributed by atoms with Gasteiger partial charge in [0, 0.05) is 5.39 Å². The Morgan fingerprint density at radius 2 is 1.58 bits per heavy atom. The number of halogens is 4. The van der Waals surface area contributed by atoms with Gasteiger partial charge in [-0.15, -0.1) is 0 Å². The van der Waals surface area contributed by atoms with Crippen LogP contribution >= 0.6 is 46.4 Å². The molecule has 0 amide bonds. The molecule has 0 atom stereocenters. The first-order valence-electron chi connectivity index (χ1n) is 7.30. The summed E-state index contributed by atoms with van der Waals surface area (Å²) in [6.07, 6.45) is -0.365. The van der Waals surface area contributed by atoms with E-state index in [-0.39, 0.29) is 34.1 Å². The van der Waals surface area contributed by atoms with Crippen LogP contribution in [0, 0.1) is 0 Å². The second kappa shape index (κ2) is 7.45. The fraction of sp³-hybridized carbons (Fsp3) is 0.118. The molecule has 5 nitrogen and oxygen atoms in total. The Kier molecular flexibility index (Phi) is 5.44. The summed E-state index contributed by atoms with van der Waals surface area (Å²) in [7, 11) is 0. The molecule has 3 rings (SSSR count). The summed E-state index contributed by atoms with van der Waals surface area (Å²) in [4.78, 5) is 24.0. The maximum absolute atomic E-state index is 12.8. The maximum Gasteiger partial charge on any atom is 0.309 e. The van der Waals surface area contributed by atoms with E-state index in [2.05, 4.69) is 5.10 Å². The quantitative estimate of drug-likeness (QED) is 0.650. The number of hydrogen-bond donors (Lipinski definition) is 1. The van der Waals surface area contributed by atoms with Gasteiger partial charge in [0.1, 0.15) is 0 Å². The van der Waals surface area contributed by atoms with Crippen LogP contribution in [0.1, 0.15) is 11.3 Å². The number of carboxylic acid groups (broad SMARTS) is 1. The van der Waals surface area contributed by atoms with Crippen molar-refractivity contribution in [1.29, 1.82) is 0 Å². The molecule has 0 fully saturated rings. The Bertz CT molecular complexity index is 1100. The van der Waals surface area contributed by atoms with E-state index in [4.69, 9.17) is 51.5 Å². The van der Waals surface area contributed by atoms with E-state index in [1.165, 1.54) is 16.8 Å². The zero-order valence-electron chi connectivity index (χ0n) is 13.0. The zero-order valence-corrected chi connectivity index (χ0v) is 16.0. The van der Waals surface area contributed by atoms with Crippen LogP contribution in [0.2, 0.25) is 20.1 Å². The third-order valence-corrected chi connectivity index (χ3v) is 5.17. The van der Waals surface area contributed by atoms with E-state index in [0.29, 0.717) is 21.0 Å². The normalized spacial score (nSPS) is 11.1. The summed E-state index contributed by atoms with van der Waals surface area (Å²) >= 11 is 23.9. The molecule has 0 unspecified atom stereocenters. The largest absolute Gasteiger partial charge is 0.481 e. The van der Waals surface area contributed by atoms with Crippen molar-refractivity contribution in [2.45, 2.75) is 13.0 Å². The molecule has 26 heavy (non-hydrogen) atoms. The number of fused-ring (bicyclic) bond motifs is 1. The molecule has 3 aromatic rings. The van der Waals surface area contributed by atoms with Crippen LogP contribution in [-0.2, 0) is 17.8 Å². The Hall–Kier alpha value is -1.79. The van der Waals surface area contributed by atoms with Gasteiger partial charge in [0.25, 0.3) is 5.56 Å². The molecule has 0 saturated carbocycles. The molecule has 2 aromatic carbocycles. The van der Waals surface area contributed by atoms with Crippen molar-refractivity contribution >= 4 is 63.1 Å². The van der Waals surface area contributed by atoms with E-state index >= 15 is 0 Å². The molecule has 134 valence electrons. The molecule has 0 bridgehead atoms.